The molecule has 0 atom stereocenters. The molecule has 0 amide bonds. The van der Waals surface area contributed by atoms with E-state index in [9.17, 15) is 8.42 Å². The Balaban J connectivity index is 2.25. The fraction of sp³-hybridized carbons (Fsp3) is 0.200. The van der Waals surface area contributed by atoms with Gasteiger partial charge in [0.25, 0.3) is 10.0 Å². The Morgan fingerprint density at radius 2 is 1.81 bits per heavy atom. The average molecular weight is 369 g/mol. The maximum Gasteiger partial charge on any atom is 0.261 e. The molecule has 0 heterocycles. The number of rotatable bonds is 5. The molecule has 0 unspecified atom stereocenters. The van der Waals surface area contributed by atoms with Crippen molar-refractivity contribution in [3.63, 3.8) is 0 Å². The maximum atomic E-state index is 12.4. The molecule has 0 saturated carbocycles. The summed E-state index contributed by atoms with van der Waals surface area (Å²) >= 11 is 3.36. The van der Waals surface area contributed by atoms with Gasteiger partial charge in [0.1, 0.15) is 0 Å². The normalized spacial score (nSPS) is 11.4. The molecule has 0 radical (unpaired) electrons. The molecule has 21 heavy (non-hydrogen) atoms. The lowest BCUT2D eigenvalue weighted by Gasteiger charge is -2.11. The summed E-state index contributed by atoms with van der Waals surface area (Å²) in [7, 11) is -3.58. The first-order valence-electron chi connectivity index (χ1n) is 6.50. The highest BCUT2D eigenvalue weighted by atomic mass is 79.9. The summed E-state index contributed by atoms with van der Waals surface area (Å²) in [5.41, 5.74) is 7.93. The molecule has 4 nitrogen and oxygen atoms in total. The zero-order valence-electron chi connectivity index (χ0n) is 11.6. The standard InChI is InChI=1S/C15H17BrN2O2S/c1-11-10-13(16)4-7-15(11)18-21(19,20)14-5-2-12(3-6-14)8-9-17/h2-7,10,18H,8-9,17H2,1H3. The summed E-state index contributed by atoms with van der Waals surface area (Å²) in [6.07, 6.45) is 0.736. The van der Waals surface area contributed by atoms with Crippen LogP contribution in [0.2, 0.25) is 0 Å². The zero-order chi connectivity index (χ0) is 15.5. The number of nitrogens with two attached hydrogens (primary N) is 1. The highest BCUT2D eigenvalue weighted by molar-refractivity contribution is 9.10. The molecule has 6 heteroatoms. The van der Waals surface area contributed by atoms with Crippen LogP contribution in [0.5, 0.6) is 0 Å². The van der Waals surface area contributed by atoms with Gasteiger partial charge < -0.3 is 5.73 Å². The minimum absolute atomic E-state index is 0.241. The van der Waals surface area contributed by atoms with Gasteiger partial charge in [-0.25, -0.2) is 8.42 Å². The minimum Gasteiger partial charge on any atom is -0.330 e. The van der Waals surface area contributed by atoms with E-state index >= 15 is 0 Å². The second-order valence-electron chi connectivity index (χ2n) is 4.75. The maximum absolute atomic E-state index is 12.4. The van der Waals surface area contributed by atoms with Gasteiger partial charge in [-0.3, -0.25) is 4.72 Å². The smallest absolute Gasteiger partial charge is 0.261 e. The van der Waals surface area contributed by atoms with Gasteiger partial charge in [-0.2, -0.15) is 0 Å². The van der Waals surface area contributed by atoms with Crippen LogP contribution < -0.4 is 10.5 Å². The Labute approximate surface area is 133 Å². The van der Waals surface area contributed by atoms with Crippen LogP contribution in [-0.4, -0.2) is 15.0 Å². The van der Waals surface area contributed by atoms with Gasteiger partial charge in [-0.05, 0) is 61.3 Å². The fourth-order valence-corrected chi connectivity index (χ4v) is 3.55. The van der Waals surface area contributed by atoms with E-state index in [1.54, 1.807) is 36.4 Å². The molecule has 0 aliphatic heterocycles. The van der Waals surface area contributed by atoms with Gasteiger partial charge in [0.15, 0.2) is 0 Å². The van der Waals surface area contributed by atoms with Crippen LogP contribution in [0.25, 0.3) is 0 Å². The number of halogens is 1. The first-order valence-corrected chi connectivity index (χ1v) is 8.78. The van der Waals surface area contributed by atoms with Crippen LogP contribution in [0.1, 0.15) is 11.1 Å². The largest absolute Gasteiger partial charge is 0.330 e. The number of nitrogens with one attached hydrogen (secondary N) is 1. The summed E-state index contributed by atoms with van der Waals surface area (Å²) in [5, 5.41) is 0. The topological polar surface area (TPSA) is 72.2 Å². The molecule has 0 fully saturated rings. The number of hydrogen-bond donors (Lipinski definition) is 2. The van der Waals surface area contributed by atoms with Crippen LogP contribution in [0.15, 0.2) is 51.8 Å². The zero-order valence-corrected chi connectivity index (χ0v) is 14.0. The van der Waals surface area contributed by atoms with E-state index in [0.717, 1.165) is 22.0 Å². The van der Waals surface area contributed by atoms with E-state index in [1.165, 1.54) is 0 Å². The third-order valence-electron chi connectivity index (χ3n) is 3.10. The lowest BCUT2D eigenvalue weighted by molar-refractivity contribution is 0.601. The molecule has 0 aliphatic carbocycles. The second-order valence-corrected chi connectivity index (χ2v) is 7.35. The van der Waals surface area contributed by atoms with Gasteiger partial charge in [0.05, 0.1) is 10.6 Å². The molecular weight excluding hydrogens is 352 g/mol. The molecule has 0 spiro atoms. The van der Waals surface area contributed by atoms with E-state index in [2.05, 4.69) is 20.7 Å². The number of anilines is 1. The van der Waals surface area contributed by atoms with Crippen LogP contribution in [0, 0.1) is 6.92 Å². The Hall–Kier alpha value is -1.37. The summed E-state index contributed by atoms with van der Waals surface area (Å²) in [5.74, 6) is 0. The molecule has 2 aromatic carbocycles. The number of hydrogen-bond acceptors (Lipinski definition) is 3. The van der Waals surface area contributed by atoms with Crippen LogP contribution in [-0.2, 0) is 16.4 Å². The Kier molecular flexibility index (Phi) is 5.03. The van der Waals surface area contributed by atoms with Crippen molar-refractivity contribution in [1.82, 2.24) is 0 Å². The molecule has 3 N–H and O–H groups in total. The number of sulfonamides is 1. The Morgan fingerprint density at radius 3 is 2.38 bits per heavy atom. The number of benzene rings is 2. The third-order valence-corrected chi connectivity index (χ3v) is 4.97. The fourth-order valence-electron chi connectivity index (χ4n) is 1.95. The van der Waals surface area contributed by atoms with Gasteiger partial charge >= 0.3 is 0 Å². The van der Waals surface area contributed by atoms with Crippen molar-refractivity contribution in [2.45, 2.75) is 18.2 Å². The Bertz CT molecular complexity index is 728. The van der Waals surface area contributed by atoms with Crippen LogP contribution in [0.4, 0.5) is 5.69 Å². The van der Waals surface area contributed by atoms with Crippen molar-refractivity contribution in [2.75, 3.05) is 11.3 Å². The predicted octanol–water partition coefficient (Wildman–Crippen LogP) is 3.06. The highest BCUT2D eigenvalue weighted by Crippen LogP contribution is 2.23. The van der Waals surface area contributed by atoms with Gasteiger partial charge in [0.2, 0.25) is 0 Å². The molecular formula is C15H17BrN2O2S. The predicted molar refractivity (Wildman–Crippen MR) is 88.9 cm³/mol. The second kappa shape index (κ2) is 6.60. The molecule has 0 bridgehead atoms. The monoisotopic (exact) mass is 368 g/mol. The van der Waals surface area contributed by atoms with Gasteiger partial charge in [-0.15, -0.1) is 0 Å². The van der Waals surface area contributed by atoms with Crippen molar-refractivity contribution in [3.05, 3.63) is 58.1 Å². The van der Waals surface area contributed by atoms with E-state index in [4.69, 9.17) is 5.73 Å². The SMILES string of the molecule is Cc1cc(Br)ccc1NS(=O)(=O)c1ccc(CCN)cc1. The van der Waals surface area contributed by atoms with Crippen molar-refractivity contribution in [2.24, 2.45) is 5.73 Å². The van der Waals surface area contributed by atoms with Crippen molar-refractivity contribution in [1.29, 1.82) is 0 Å². The van der Waals surface area contributed by atoms with E-state index in [1.807, 2.05) is 13.0 Å². The molecule has 2 rings (SSSR count). The lowest BCUT2D eigenvalue weighted by Crippen LogP contribution is -2.14. The summed E-state index contributed by atoms with van der Waals surface area (Å²) < 4.78 is 28.2. The quantitative estimate of drug-likeness (QED) is 0.851. The van der Waals surface area contributed by atoms with E-state index < -0.39 is 10.0 Å². The molecule has 0 aromatic heterocycles. The third kappa shape index (κ3) is 4.06. The van der Waals surface area contributed by atoms with Crippen LogP contribution >= 0.6 is 15.9 Å². The van der Waals surface area contributed by atoms with Crippen LogP contribution in [0.3, 0.4) is 0 Å². The van der Waals surface area contributed by atoms with Gasteiger partial charge in [0, 0.05) is 4.47 Å². The molecule has 2 aromatic rings. The molecule has 0 aliphatic rings. The number of aryl methyl sites for hydroxylation is 1. The van der Waals surface area contributed by atoms with Gasteiger partial charge in [-0.1, -0.05) is 28.1 Å². The minimum atomic E-state index is -3.58. The first-order chi connectivity index (χ1) is 9.92. The highest BCUT2D eigenvalue weighted by Gasteiger charge is 2.15. The lowest BCUT2D eigenvalue weighted by atomic mass is 10.2. The average Bonchev–Trinajstić information content (AvgIpc) is 2.43. The summed E-state index contributed by atoms with van der Waals surface area (Å²) in [6.45, 7) is 2.40. The van der Waals surface area contributed by atoms with E-state index in [-0.39, 0.29) is 4.90 Å². The first kappa shape index (κ1) is 16.0. The van der Waals surface area contributed by atoms with Crippen molar-refractivity contribution >= 4 is 31.6 Å². The van der Waals surface area contributed by atoms with Crippen molar-refractivity contribution < 1.29 is 8.42 Å². The van der Waals surface area contributed by atoms with Crippen molar-refractivity contribution in [3.8, 4) is 0 Å². The molecule has 112 valence electrons. The molecule has 0 saturated heterocycles. The van der Waals surface area contributed by atoms with E-state index in [0.29, 0.717) is 12.2 Å². The Morgan fingerprint density at radius 1 is 1.14 bits per heavy atom. The summed E-state index contributed by atoms with van der Waals surface area (Å²) in [6, 6.07) is 12.2. The summed E-state index contributed by atoms with van der Waals surface area (Å²) in [4.78, 5) is 0.241.